The van der Waals surface area contributed by atoms with E-state index >= 15 is 0 Å². The van der Waals surface area contributed by atoms with Gasteiger partial charge in [0.25, 0.3) is 0 Å². The van der Waals surface area contributed by atoms with E-state index < -0.39 is 0 Å². The van der Waals surface area contributed by atoms with Gasteiger partial charge in [-0.1, -0.05) is 24.6 Å². The fourth-order valence-corrected chi connectivity index (χ4v) is 2.87. The Balaban J connectivity index is 1.36. The first-order valence-electron chi connectivity index (χ1n) is 9.85. The molecule has 2 aromatic carbocycles. The minimum atomic E-state index is -0.378. The fourth-order valence-electron chi connectivity index (χ4n) is 2.87. The van der Waals surface area contributed by atoms with Gasteiger partial charge >= 0.3 is 5.97 Å². The molecule has 0 aliphatic carbocycles. The lowest BCUT2D eigenvalue weighted by atomic mass is 10.2. The zero-order valence-electron chi connectivity index (χ0n) is 16.6. The Kier molecular flexibility index (Phi) is 7.46. The summed E-state index contributed by atoms with van der Waals surface area (Å²) < 4.78 is 22.4. The summed E-state index contributed by atoms with van der Waals surface area (Å²) in [4.78, 5) is 12.2. The quantitative estimate of drug-likeness (QED) is 0.373. The van der Waals surface area contributed by atoms with E-state index in [-0.39, 0.29) is 12.3 Å². The lowest BCUT2D eigenvalue weighted by molar-refractivity contribution is -0.200. The van der Waals surface area contributed by atoms with Gasteiger partial charge in [-0.05, 0) is 62.6 Å². The molecule has 2 aromatic rings. The van der Waals surface area contributed by atoms with Gasteiger partial charge in [0.1, 0.15) is 11.5 Å². The maximum absolute atomic E-state index is 12.2. The second-order valence-corrected chi connectivity index (χ2v) is 7.27. The van der Waals surface area contributed by atoms with Crippen LogP contribution in [0.2, 0.25) is 0 Å². The molecule has 1 saturated heterocycles. The van der Waals surface area contributed by atoms with Crippen molar-refractivity contribution in [2.24, 2.45) is 5.92 Å². The van der Waals surface area contributed by atoms with Gasteiger partial charge in [-0.3, -0.25) is 0 Å². The molecule has 1 fully saturated rings. The fraction of sp³-hybridized carbons (Fsp3) is 0.435. The van der Waals surface area contributed by atoms with Crippen molar-refractivity contribution in [3.63, 3.8) is 0 Å². The molecule has 1 aliphatic heterocycles. The van der Waals surface area contributed by atoms with Crippen molar-refractivity contribution >= 4 is 5.97 Å². The topological polar surface area (TPSA) is 54.0 Å². The average molecular weight is 384 g/mol. The Morgan fingerprint density at radius 1 is 0.964 bits per heavy atom. The molecule has 0 bridgehead atoms. The molecular weight excluding hydrogens is 356 g/mol. The summed E-state index contributed by atoms with van der Waals surface area (Å²) in [6.07, 6.45) is 2.73. The molecule has 1 heterocycles. The maximum Gasteiger partial charge on any atom is 0.343 e. The predicted octanol–water partition coefficient (Wildman–Crippen LogP) is 4.77. The van der Waals surface area contributed by atoms with Gasteiger partial charge < -0.3 is 18.9 Å². The van der Waals surface area contributed by atoms with Crippen LogP contribution in [0.5, 0.6) is 11.5 Å². The molecule has 5 heteroatoms. The number of esters is 1. The van der Waals surface area contributed by atoms with E-state index in [2.05, 4.69) is 6.92 Å². The van der Waals surface area contributed by atoms with Crippen LogP contribution in [0.3, 0.4) is 0 Å². The second kappa shape index (κ2) is 10.2. The number of benzene rings is 2. The number of carbonyl (C=O) groups is 1. The van der Waals surface area contributed by atoms with Crippen LogP contribution >= 0.6 is 0 Å². The summed E-state index contributed by atoms with van der Waals surface area (Å²) in [6.45, 7) is 6.29. The third-order valence-corrected chi connectivity index (χ3v) is 4.56. The van der Waals surface area contributed by atoms with Crippen LogP contribution in [0.4, 0.5) is 0 Å². The molecule has 0 unspecified atom stereocenters. The molecule has 0 N–H and O–H groups in total. The lowest BCUT2D eigenvalue weighted by Crippen LogP contribution is -2.30. The highest BCUT2D eigenvalue weighted by atomic mass is 16.7. The minimum Gasteiger partial charge on any atom is -0.494 e. The molecule has 150 valence electrons. The summed E-state index contributed by atoms with van der Waals surface area (Å²) >= 11 is 0. The first-order chi connectivity index (χ1) is 13.6. The van der Waals surface area contributed by atoms with Crippen LogP contribution in [0, 0.1) is 12.8 Å². The number of carbonyl (C=O) groups excluding carboxylic acids is 1. The van der Waals surface area contributed by atoms with Crippen molar-refractivity contribution in [2.75, 3.05) is 19.8 Å². The number of unbranched alkanes of at least 4 members (excludes halogenated alkanes) is 1. The first kappa shape index (κ1) is 20.4. The Morgan fingerprint density at radius 3 is 2.29 bits per heavy atom. The first-order valence-corrected chi connectivity index (χ1v) is 9.85. The highest BCUT2D eigenvalue weighted by Crippen LogP contribution is 2.18. The summed E-state index contributed by atoms with van der Waals surface area (Å²) in [5, 5.41) is 0. The molecule has 1 aliphatic rings. The van der Waals surface area contributed by atoms with Crippen molar-refractivity contribution in [1.82, 2.24) is 0 Å². The summed E-state index contributed by atoms with van der Waals surface area (Å²) in [7, 11) is 0. The maximum atomic E-state index is 12.2. The van der Waals surface area contributed by atoms with Gasteiger partial charge in [-0.2, -0.15) is 0 Å². The molecule has 0 atom stereocenters. The SMILES string of the molecule is Cc1ccc(OC(=O)c2ccc(OCCCCC3OCC(C)CO3)cc2)cc1. The second-order valence-electron chi connectivity index (χ2n) is 7.27. The molecule has 3 rings (SSSR count). The van der Waals surface area contributed by atoms with E-state index in [1.165, 1.54) is 0 Å². The van der Waals surface area contributed by atoms with E-state index in [4.69, 9.17) is 18.9 Å². The van der Waals surface area contributed by atoms with Crippen LogP contribution in [-0.4, -0.2) is 32.1 Å². The molecule has 0 spiro atoms. The van der Waals surface area contributed by atoms with Crippen LogP contribution < -0.4 is 9.47 Å². The molecule has 0 saturated carbocycles. The zero-order chi connectivity index (χ0) is 19.8. The molecule has 0 aromatic heterocycles. The van der Waals surface area contributed by atoms with E-state index in [0.29, 0.717) is 23.8 Å². The standard InChI is InChI=1S/C23H28O5/c1-17-6-10-21(11-7-17)28-23(24)19-8-12-20(13-9-19)25-14-4-3-5-22-26-15-18(2)16-27-22/h6-13,18,22H,3-5,14-16H2,1-2H3. The van der Waals surface area contributed by atoms with Crippen LogP contribution in [0.1, 0.15) is 42.1 Å². The molecule has 5 nitrogen and oxygen atoms in total. The normalized spacial score (nSPS) is 19.2. The van der Waals surface area contributed by atoms with E-state index in [9.17, 15) is 4.79 Å². The Morgan fingerprint density at radius 2 is 1.61 bits per heavy atom. The molecule has 0 amide bonds. The van der Waals surface area contributed by atoms with Crippen LogP contribution in [-0.2, 0) is 9.47 Å². The average Bonchev–Trinajstić information content (AvgIpc) is 2.71. The third kappa shape index (κ3) is 6.36. The summed E-state index contributed by atoms with van der Waals surface area (Å²) in [5.41, 5.74) is 1.61. The number of hydrogen-bond acceptors (Lipinski definition) is 5. The lowest BCUT2D eigenvalue weighted by Gasteiger charge is -2.27. The molecule has 0 radical (unpaired) electrons. The van der Waals surface area contributed by atoms with Crippen molar-refractivity contribution in [2.45, 2.75) is 39.4 Å². The van der Waals surface area contributed by atoms with Crippen LogP contribution in [0.15, 0.2) is 48.5 Å². The largest absolute Gasteiger partial charge is 0.494 e. The molecular formula is C23H28O5. The number of hydrogen-bond donors (Lipinski definition) is 0. The number of ether oxygens (including phenoxy) is 4. The zero-order valence-corrected chi connectivity index (χ0v) is 16.6. The van der Waals surface area contributed by atoms with Gasteiger partial charge in [-0.15, -0.1) is 0 Å². The monoisotopic (exact) mass is 384 g/mol. The van der Waals surface area contributed by atoms with Gasteiger partial charge in [0.2, 0.25) is 0 Å². The van der Waals surface area contributed by atoms with E-state index in [1.807, 2.05) is 19.1 Å². The van der Waals surface area contributed by atoms with E-state index in [0.717, 1.165) is 43.8 Å². The van der Waals surface area contributed by atoms with Gasteiger partial charge in [0.15, 0.2) is 6.29 Å². The predicted molar refractivity (Wildman–Crippen MR) is 107 cm³/mol. The van der Waals surface area contributed by atoms with Crippen molar-refractivity contribution in [3.8, 4) is 11.5 Å². The number of rotatable bonds is 8. The van der Waals surface area contributed by atoms with Gasteiger partial charge in [0, 0.05) is 5.92 Å². The Bertz CT molecular complexity index is 731. The van der Waals surface area contributed by atoms with Crippen LogP contribution in [0.25, 0.3) is 0 Å². The Labute approximate surface area is 166 Å². The van der Waals surface area contributed by atoms with E-state index in [1.54, 1.807) is 36.4 Å². The highest BCUT2D eigenvalue weighted by Gasteiger charge is 2.18. The Hall–Kier alpha value is -2.37. The van der Waals surface area contributed by atoms with Crippen molar-refractivity contribution in [1.29, 1.82) is 0 Å². The third-order valence-electron chi connectivity index (χ3n) is 4.56. The van der Waals surface area contributed by atoms with Gasteiger partial charge in [-0.25, -0.2) is 4.79 Å². The number of aryl methyl sites for hydroxylation is 1. The van der Waals surface area contributed by atoms with Crippen molar-refractivity contribution < 1.29 is 23.7 Å². The summed E-state index contributed by atoms with van der Waals surface area (Å²) in [6, 6.07) is 14.4. The van der Waals surface area contributed by atoms with Gasteiger partial charge in [0.05, 0.1) is 25.4 Å². The highest BCUT2D eigenvalue weighted by molar-refractivity contribution is 5.91. The molecule has 28 heavy (non-hydrogen) atoms. The minimum absolute atomic E-state index is 0.0741. The smallest absolute Gasteiger partial charge is 0.343 e. The summed E-state index contributed by atoms with van der Waals surface area (Å²) in [5.74, 6) is 1.39. The van der Waals surface area contributed by atoms with Crippen molar-refractivity contribution in [3.05, 3.63) is 59.7 Å².